The summed E-state index contributed by atoms with van der Waals surface area (Å²) in [4.78, 5) is 0. The van der Waals surface area contributed by atoms with Crippen LogP contribution in [0.3, 0.4) is 0 Å². The fraction of sp³-hybridized carbons (Fsp3) is 0.0833. The third-order valence-corrected chi connectivity index (χ3v) is 2.10. The maximum Gasteiger partial charge on any atom is 0.163 e. The summed E-state index contributed by atoms with van der Waals surface area (Å²) in [7, 11) is 0. The van der Waals surface area contributed by atoms with Gasteiger partial charge >= 0.3 is 0 Å². The van der Waals surface area contributed by atoms with Crippen molar-refractivity contribution in [2.24, 2.45) is 0 Å². The lowest BCUT2D eigenvalue weighted by molar-refractivity contribution is 1.01. The van der Waals surface area contributed by atoms with E-state index in [1.807, 2.05) is 37.3 Å². The minimum Gasteiger partial charge on any atom is -0.339 e. The second kappa shape index (κ2) is 4.41. The minimum absolute atomic E-state index is 0.314. The lowest BCUT2D eigenvalue weighted by Crippen LogP contribution is -1.96. The first-order valence-corrected chi connectivity index (χ1v) is 4.85. The zero-order valence-corrected chi connectivity index (χ0v) is 8.81. The predicted octanol–water partition coefficient (Wildman–Crippen LogP) is 2.40. The number of hydrogen-bond acceptors (Lipinski definition) is 4. The van der Waals surface area contributed by atoms with E-state index in [1.54, 1.807) is 12.1 Å². The standard InChI is InChI=1S/C12H10N4/c1-9-2-4-10(5-3-9)14-12-7-6-11(8-13)15-16-12/h2-7H,1H3,(H,14,16). The van der Waals surface area contributed by atoms with E-state index in [0.717, 1.165) is 5.69 Å². The fourth-order valence-corrected chi connectivity index (χ4v) is 1.24. The van der Waals surface area contributed by atoms with Gasteiger partial charge in [-0.25, -0.2) is 0 Å². The van der Waals surface area contributed by atoms with Crippen LogP contribution in [0, 0.1) is 18.3 Å². The van der Waals surface area contributed by atoms with Crippen molar-refractivity contribution in [2.75, 3.05) is 5.32 Å². The molecule has 1 aromatic carbocycles. The molecule has 1 N–H and O–H groups in total. The summed E-state index contributed by atoms with van der Waals surface area (Å²) in [5.41, 5.74) is 2.47. The van der Waals surface area contributed by atoms with Crippen molar-refractivity contribution in [3.8, 4) is 6.07 Å². The summed E-state index contributed by atoms with van der Waals surface area (Å²) < 4.78 is 0. The highest BCUT2D eigenvalue weighted by Crippen LogP contribution is 2.14. The molecule has 0 saturated heterocycles. The van der Waals surface area contributed by atoms with Crippen LogP contribution in [0.15, 0.2) is 36.4 Å². The molecule has 1 heterocycles. The normalized spacial score (nSPS) is 9.50. The number of anilines is 2. The molecule has 0 atom stereocenters. The number of aryl methyl sites for hydroxylation is 1. The molecule has 2 aromatic rings. The summed E-state index contributed by atoms with van der Waals surface area (Å²) in [5.74, 6) is 0.628. The molecule has 0 amide bonds. The van der Waals surface area contributed by atoms with Gasteiger partial charge in [0.05, 0.1) is 0 Å². The van der Waals surface area contributed by atoms with Crippen molar-refractivity contribution in [2.45, 2.75) is 6.92 Å². The van der Waals surface area contributed by atoms with E-state index in [4.69, 9.17) is 5.26 Å². The number of nitrogens with one attached hydrogen (secondary N) is 1. The third-order valence-electron chi connectivity index (χ3n) is 2.10. The molecule has 1 aromatic heterocycles. The fourth-order valence-electron chi connectivity index (χ4n) is 1.24. The van der Waals surface area contributed by atoms with E-state index in [0.29, 0.717) is 11.5 Å². The monoisotopic (exact) mass is 210 g/mol. The van der Waals surface area contributed by atoms with Crippen LogP contribution in [-0.2, 0) is 0 Å². The average Bonchev–Trinajstić information content (AvgIpc) is 2.33. The number of nitriles is 1. The smallest absolute Gasteiger partial charge is 0.163 e. The van der Waals surface area contributed by atoms with Gasteiger partial charge in [-0.3, -0.25) is 0 Å². The van der Waals surface area contributed by atoms with E-state index < -0.39 is 0 Å². The summed E-state index contributed by atoms with van der Waals surface area (Å²) in [6.07, 6.45) is 0. The van der Waals surface area contributed by atoms with Gasteiger partial charge in [-0.15, -0.1) is 10.2 Å². The molecule has 16 heavy (non-hydrogen) atoms. The van der Waals surface area contributed by atoms with Gasteiger partial charge in [0.15, 0.2) is 11.5 Å². The second-order valence-electron chi connectivity index (χ2n) is 3.41. The molecular formula is C12H10N4. The van der Waals surface area contributed by atoms with E-state index >= 15 is 0 Å². The van der Waals surface area contributed by atoms with Crippen LogP contribution in [0.2, 0.25) is 0 Å². The lowest BCUT2D eigenvalue weighted by atomic mass is 10.2. The Morgan fingerprint density at radius 3 is 2.38 bits per heavy atom. The predicted molar refractivity (Wildman–Crippen MR) is 61.2 cm³/mol. The number of benzene rings is 1. The molecule has 0 spiro atoms. The molecule has 0 saturated carbocycles. The van der Waals surface area contributed by atoms with Gasteiger partial charge in [-0.2, -0.15) is 5.26 Å². The summed E-state index contributed by atoms with van der Waals surface area (Å²) in [5, 5.41) is 19.3. The Morgan fingerprint density at radius 1 is 1.06 bits per heavy atom. The van der Waals surface area contributed by atoms with Crippen molar-refractivity contribution in [3.63, 3.8) is 0 Å². The summed E-state index contributed by atoms with van der Waals surface area (Å²) in [6, 6.07) is 13.2. The van der Waals surface area contributed by atoms with Crippen LogP contribution < -0.4 is 5.32 Å². The Labute approximate surface area is 93.6 Å². The first-order chi connectivity index (χ1) is 7.78. The molecule has 4 heteroatoms. The van der Waals surface area contributed by atoms with Crippen LogP contribution in [-0.4, -0.2) is 10.2 Å². The van der Waals surface area contributed by atoms with E-state index in [-0.39, 0.29) is 0 Å². The topological polar surface area (TPSA) is 61.6 Å². The molecule has 0 unspecified atom stereocenters. The van der Waals surface area contributed by atoms with Crippen LogP contribution >= 0.6 is 0 Å². The Bertz CT molecular complexity index is 508. The van der Waals surface area contributed by atoms with Crippen molar-refractivity contribution in [1.82, 2.24) is 10.2 Å². The number of rotatable bonds is 2. The van der Waals surface area contributed by atoms with Crippen LogP contribution in [0.4, 0.5) is 11.5 Å². The van der Waals surface area contributed by atoms with E-state index in [1.165, 1.54) is 5.56 Å². The van der Waals surface area contributed by atoms with Crippen LogP contribution in [0.5, 0.6) is 0 Å². The van der Waals surface area contributed by atoms with Crippen molar-refractivity contribution in [3.05, 3.63) is 47.7 Å². The van der Waals surface area contributed by atoms with Crippen molar-refractivity contribution in [1.29, 1.82) is 5.26 Å². The zero-order chi connectivity index (χ0) is 11.4. The van der Waals surface area contributed by atoms with Crippen molar-refractivity contribution < 1.29 is 0 Å². The van der Waals surface area contributed by atoms with Gasteiger partial charge in [0.25, 0.3) is 0 Å². The Kier molecular flexibility index (Phi) is 2.79. The molecule has 0 aliphatic carbocycles. The highest BCUT2D eigenvalue weighted by atomic mass is 15.2. The summed E-state index contributed by atoms with van der Waals surface area (Å²) >= 11 is 0. The quantitative estimate of drug-likeness (QED) is 0.826. The van der Waals surface area contributed by atoms with E-state index in [2.05, 4.69) is 15.5 Å². The largest absolute Gasteiger partial charge is 0.339 e. The molecule has 0 fully saturated rings. The zero-order valence-electron chi connectivity index (χ0n) is 8.81. The Hall–Kier alpha value is -2.41. The van der Waals surface area contributed by atoms with Gasteiger partial charge in [0.1, 0.15) is 6.07 Å². The first kappa shape index (κ1) is 10.1. The number of aromatic nitrogens is 2. The SMILES string of the molecule is Cc1ccc(Nc2ccc(C#N)nn2)cc1. The van der Waals surface area contributed by atoms with Crippen LogP contribution in [0.1, 0.15) is 11.3 Å². The molecule has 0 aliphatic heterocycles. The Morgan fingerprint density at radius 2 is 1.81 bits per heavy atom. The van der Waals surface area contributed by atoms with Crippen LogP contribution in [0.25, 0.3) is 0 Å². The number of nitrogens with zero attached hydrogens (tertiary/aromatic N) is 3. The van der Waals surface area contributed by atoms with Crippen molar-refractivity contribution >= 4 is 11.5 Å². The van der Waals surface area contributed by atoms with Gasteiger partial charge in [-0.05, 0) is 31.2 Å². The van der Waals surface area contributed by atoms with Gasteiger partial charge in [0, 0.05) is 5.69 Å². The molecular weight excluding hydrogens is 200 g/mol. The second-order valence-corrected chi connectivity index (χ2v) is 3.41. The van der Waals surface area contributed by atoms with E-state index in [9.17, 15) is 0 Å². The highest BCUT2D eigenvalue weighted by molar-refractivity contribution is 5.55. The molecule has 2 rings (SSSR count). The molecule has 0 bridgehead atoms. The lowest BCUT2D eigenvalue weighted by Gasteiger charge is -2.04. The average molecular weight is 210 g/mol. The summed E-state index contributed by atoms with van der Waals surface area (Å²) in [6.45, 7) is 2.03. The minimum atomic E-state index is 0.314. The highest BCUT2D eigenvalue weighted by Gasteiger charge is 1.97. The number of hydrogen-bond donors (Lipinski definition) is 1. The molecule has 0 aliphatic rings. The van der Waals surface area contributed by atoms with Gasteiger partial charge in [-0.1, -0.05) is 17.7 Å². The first-order valence-electron chi connectivity index (χ1n) is 4.85. The molecule has 4 nitrogen and oxygen atoms in total. The Balaban J connectivity index is 2.15. The molecule has 78 valence electrons. The molecule has 0 radical (unpaired) electrons. The maximum atomic E-state index is 8.58. The van der Waals surface area contributed by atoms with Gasteiger partial charge < -0.3 is 5.32 Å². The maximum absolute atomic E-state index is 8.58. The van der Waals surface area contributed by atoms with Gasteiger partial charge in [0.2, 0.25) is 0 Å². The third kappa shape index (κ3) is 2.34.